The lowest BCUT2D eigenvalue weighted by atomic mass is 10.1. The van der Waals surface area contributed by atoms with Crippen molar-refractivity contribution in [2.75, 3.05) is 5.32 Å². The Labute approximate surface area is 169 Å². The number of nitrogens with zero attached hydrogens (tertiary/aromatic N) is 2. The van der Waals surface area contributed by atoms with Crippen LogP contribution in [0.15, 0.2) is 88.1 Å². The molecule has 0 aliphatic heterocycles. The van der Waals surface area contributed by atoms with E-state index < -0.39 is 0 Å². The number of halogens is 1. The molecule has 138 valence electrons. The van der Waals surface area contributed by atoms with Gasteiger partial charge in [0, 0.05) is 15.5 Å². The van der Waals surface area contributed by atoms with Crippen LogP contribution in [-0.2, 0) is 6.54 Å². The molecule has 6 heteroatoms. The first kappa shape index (κ1) is 18.1. The molecule has 3 aromatic carbocycles. The molecule has 1 aromatic heterocycles. The van der Waals surface area contributed by atoms with Crippen LogP contribution in [0.25, 0.3) is 10.8 Å². The predicted molar refractivity (Wildman–Crippen MR) is 114 cm³/mol. The number of amides is 1. The lowest BCUT2D eigenvalue weighted by molar-refractivity contribution is 0.102. The Bertz CT molecular complexity index is 1220. The Morgan fingerprint density at radius 2 is 1.64 bits per heavy atom. The summed E-state index contributed by atoms with van der Waals surface area (Å²) in [7, 11) is 0. The minimum Gasteiger partial charge on any atom is -0.321 e. The maximum Gasteiger partial charge on any atom is 0.276 e. The number of fused-ring (bicyclic) bond motifs is 1. The van der Waals surface area contributed by atoms with Gasteiger partial charge in [0.25, 0.3) is 11.5 Å². The van der Waals surface area contributed by atoms with E-state index in [0.29, 0.717) is 23.0 Å². The number of aromatic nitrogens is 2. The fraction of sp³-hybridized carbons (Fsp3) is 0.0455. The van der Waals surface area contributed by atoms with Crippen LogP contribution in [0.3, 0.4) is 0 Å². The fourth-order valence-electron chi connectivity index (χ4n) is 3.02. The normalized spacial score (nSPS) is 10.8. The molecule has 0 fully saturated rings. The van der Waals surface area contributed by atoms with Gasteiger partial charge in [-0.25, -0.2) is 4.68 Å². The van der Waals surface area contributed by atoms with Crippen LogP contribution in [-0.4, -0.2) is 15.7 Å². The van der Waals surface area contributed by atoms with E-state index in [1.807, 2.05) is 42.5 Å². The smallest absolute Gasteiger partial charge is 0.276 e. The first-order chi connectivity index (χ1) is 13.6. The third-order valence-corrected chi connectivity index (χ3v) is 4.83. The molecular weight excluding hydrogens is 418 g/mol. The summed E-state index contributed by atoms with van der Waals surface area (Å²) >= 11 is 3.39. The highest BCUT2D eigenvalue weighted by atomic mass is 79.9. The third kappa shape index (κ3) is 3.73. The fourth-order valence-corrected chi connectivity index (χ4v) is 3.42. The lowest BCUT2D eigenvalue weighted by Crippen LogP contribution is -2.28. The molecule has 1 N–H and O–H groups in total. The first-order valence-corrected chi connectivity index (χ1v) is 9.52. The largest absolute Gasteiger partial charge is 0.321 e. The molecule has 0 spiro atoms. The topological polar surface area (TPSA) is 64.0 Å². The Kier molecular flexibility index (Phi) is 5.04. The first-order valence-electron chi connectivity index (χ1n) is 8.72. The molecule has 0 bridgehead atoms. The lowest BCUT2D eigenvalue weighted by Gasteiger charge is -2.11. The van der Waals surface area contributed by atoms with Gasteiger partial charge in [-0.15, -0.1) is 0 Å². The van der Waals surface area contributed by atoms with Crippen molar-refractivity contribution in [3.63, 3.8) is 0 Å². The molecule has 1 heterocycles. The summed E-state index contributed by atoms with van der Waals surface area (Å²) in [5.41, 5.74) is 1.57. The van der Waals surface area contributed by atoms with Crippen molar-refractivity contribution in [2.45, 2.75) is 6.54 Å². The summed E-state index contributed by atoms with van der Waals surface area (Å²) in [6, 6.07) is 23.9. The van der Waals surface area contributed by atoms with E-state index in [-0.39, 0.29) is 17.2 Å². The highest BCUT2D eigenvalue weighted by molar-refractivity contribution is 9.10. The minimum atomic E-state index is -0.365. The molecule has 4 rings (SSSR count). The minimum absolute atomic E-state index is 0.214. The molecule has 0 aliphatic rings. The maximum atomic E-state index is 13.0. The van der Waals surface area contributed by atoms with Gasteiger partial charge < -0.3 is 5.32 Å². The zero-order valence-electron chi connectivity index (χ0n) is 14.8. The van der Waals surface area contributed by atoms with Crippen LogP contribution in [0.1, 0.15) is 16.1 Å². The van der Waals surface area contributed by atoms with E-state index in [9.17, 15) is 9.59 Å². The molecule has 5 nitrogen and oxygen atoms in total. The highest BCUT2D eigenvalue weighted by Crippen LogP contribution is 2.19. The van der Waals surface area contributed by atoms with E-state index in [0.717, 1.165) is 10.0 Å². The van der Waals surface area contributed by atoms with Gasteiger partial charge in [-0.1, -0.05) is 70.5 Å². The SMILES string of the molecule is O=C(Nc1cccc(Br)c1)c1nn(Cc2ccccc2)c(=O)c2ccccc12. The second-order valence-corrected chi connectivity index (χ2v) is 7.22. The monoisotopic (exact) mass is 433 g/mol. The van der Waals surface area contributed by atoms with E-state index in [4.69, 9.17) is 0 Å². The van der Waals surface area contributed by atoms with Crippen molar-refractivity contribution in [3.05, 3.63) is 105 Å². The van der Waals surface area contributed by atoms with Gasteiger partial charge in [0.15, 0.2) is 5.69 Å². The molecule has 0 saturated heterocycles. The second-order valence-electron chi connectivity index (χ2n) is 6.31. The van der Waals surface area contributed by atoms with Gasteiger partial charge in [0.05, 0.1) is 11.9 Å². The van der Waals surface area contributed by atoms with Gasteiger partial charge >= 0.3 is 0 Å². The number of anilines is 1. The molecule has 0 atom stereocenters. The molecule has 0 unspecified atom stereocenters. The number of carbonyl (C=O) groups excluding carboxylic acids is 1. The summed E-state index contributed by atoms with van der Waals surface area (Å²) in [4.78, 5) is 25.8. The zero-order chi connectivity index (χ0) is 19.5. The number of hydrogen-bond acceptors (Lipinski definition) is 3. The maximum absolute atomic E-state index is 13.0. The van der Waals surface area contributed by atoms with Crippen LogP contribution in [0.2, 0.25) is 0 Å². The van der Waals surface area contributed by atoms with Gasteiger partial charge in [0.1, 0.15) is 0 Å². The zero-order valence-corrected chi connectivity index (χ0v) is 16.4. The molecule has 0 radical (unpaired) electrons. The average Bonchev–Trinajstić information content (AvgIpc) is 2.71. The van der Waals surface area contributed by atoms with Crippen LogP contribution in [0.4, 0.5) is 5.69 Å². The highest BCUT2D eigenvalue weighted by Gasteiger charge is 2.17. The van der Waals surface area contributed by atoms with Crippen molar-refractivity contribution in [1.82, 2.24) is 9.78 Å². The van der Waals surface area contributed by atoms with E-state index in [1.54, 1.807) is 36.4 Å². The number of hydrogen-bond donors (Lipinski definition) is 1. The summed E-state index contributed by atoms with van der Waals surface area (Å²) < 4.78 is 2.20. The molecule has 1 amide bonds. The van der Waals surface area contributed by atoms with E-state index in [2.05, 4.69) is 26.3 Å². The summed E-state index contributed by atoms with van der Waals surface area (Å²) in [5.74, 6) is -0.365. The molecule has 28 heavy (non-hydrogen) atoms. The van der Waals surface area contributed by atoms with Crippen molar-refractivity contribution >= 4 is 38.3 Å². The van der Waals surface area contributed by atoms with E-state index >= 15 is 0 Å². The average molecular weight is 434 g/mol. The Balaban J connectivity index is 1.79. The predicted octanol–water partition coefficient (Wildman–Crippen LogP) is 4.46. The van der Waals surface area contributed by atoms with Crippen molar-refractivity contribution in [1.29, 1.82) is 0 Å². The third-order valence-electron chi connectivity index (χ3n) is 4.34. The molecule has 4 aromatic rings. The second kappa shape index (κ2) is 7.78. The summed E-state index contributed by atoms with van der Waals surface area (Å²) in [6.07, 6.45) is 0. The molecule has 0 aliphatic carbocycles. The van der Waals surface area contributed by atoms with Gasteiger partial charge in [-0.2, -0.15) is 5.10 Å². The van der Waals surface area contributed by atoms with Crippen LogP contribution < -0.4 is 10.9 Å². The standard InChI is InChI=1S/C22H16BrN3O2/c23-16-9-6-10-17(13-16)24-21(27)20-18-11-4-5-12-19(18)22(28)26(25-20)14-15-7-2-1-3-8-15/h1-13H,14H2,(H,24,27). The van der Waals surface area contributed by atoms with Crippen molar-refractivity contribution in [3.8, 4) is 0 Å². The Morgan fingerprint density at radius 3 is 2.39 bits per heavy atom. The number of rotatable bonds is 4. The van der Waals surface area contributed by atoms with Gasteiger partial charge in [-0.05, 0) is 29.8 Å². The number of benzene rings is 3. The van der Waals surface area contributed by atoms with Crippen molar-refractivity contribution in [2.24, 2.45) is 0 Å². The van der Waals surface area contributed by atoms with Gasteiger partial charge in [0.2, 0.25) is 0 Å². The van der Waals surface area contributed by atoms with E-state index in [1.165, 1.54) is 4.68 Å². The van der Waals surface area contributed by atoms with Crippen LogP contribution in [0.5, 0.6) is 0 Å². The van der Waals surface area contributed by atoms with Crippen LogP contribution in [0, 0.1) is 0 Å². The quantitative estimate of drug-likeness (QED) is 0.516. The molecular formula is C22H16BrN3O2. The Morgan fingerprint density at radius 1 is 0.929 bits per heavy atom. The summed E-state index contributed by atoms with van der Waals surface area (Å²) in [5, 5.41) is 8.25. The van der Waals surface area contributed by atoms with Crippen LogP contribution >= 0.6 is 15.9 Å². The van der Waals surface area contributed by atoms with Gasteiger partial charge in [-0.3, -0.25) is 9.59 Å². The Hall–Kier alpha value is -3.25. The number of carbonyl (C=O) groups is 1. The molecule has 0 saturated carbocycles. The number of nitrogens with one attached hydrogen (secondary N) is 1. The van der Waals surface area contributed by atoms with Crippen molar-refractivity contribution < 1.29 is 4.79 Å². The summed E-state index contributed by atoms with van der Waals surface area (Å²) in [6.45, 7) is 0.293.